The molecular formula is C23H16ClN3O5. The number of non-ortho nitro benzene ring substituents is 1. The zero-order valence-electron chi connectivity index (χ0n) is 16.7. The van der Waals surface area contributed by atoms with Crippen LogP contribution in [0.3, 0.4) is 0 Å². The number of rotatable bonds is 4. The number of halogens is 1. The fourth-order valence-electron chi connectivity index (χ4n) is 3.70. The lowest BCUT2D eigenvalue weighted by Gasteiger charge is -2.27. The molecule has 1 unspecified atom stereocenters. The molecule has 1 saturated heterocycles. The number of aromatic nitrogens is 1. The summed E-state index contributed by atoms with van der Waals surface area (Å²) in [5, 5.41) is 22.4. The molecule has 1 N–H and O–H groups in total. The lowest BCUT2D eigenvalue weighted by molar-refractivity contribution is -0.384. The molecule has 0 spiro atoms. The molecule has 1 aliphatic heterocycles. The molecule has 1 atom stereocenters. The summed E-state index contributed by atoms with van der Waals surface area (Å²) in [7, 11) is 0. The normalized spacial score (nSPS) is 17.6. The van der Waals surface area contributed by atoms with E-state index in [2.05, 4.69) is 4.98 Å². The number of pyridine rings is 1. The first kappa shape index (κ1) is 21.2. The lowest BCUT2D eigenvalue weighted by atomic mass is 9.95. The van der Waals surface area contributed by atoms with E-state index in [0.29, 0.717) is 21.8 Å². The third-order valence-electron chi connectivity index (χ3n) is 5.32. The van der Waals surface area contributed by atoms with Crippen LogP contribution in [0.2, 0.25) is 5.02 Å². The number of aliphatic hydroxyl groups is 1. The van der Waals surface area contributed by atoms with Crippen molar-refractivity contribution in [2.24, 2.45) is 0 Å². The van der Waals surface area contributed by atoms with E-state index >= 15 is 0 Å². The van der Waals surface area contributed by atoms with E-state index in [1.54, 1.807) is 37.3 Å². The summed E-state index contributed by atoms with van der Waals surface area (Å²) in [6.45, 7) is 1.73. The highest BCUT2D eigenvalue weighted by Crippen LogP contribution is 2.43. The number of nitro groups is 1. The number of Topliss-reactive ketones (excluding diaryl/α,β-unsaturated/α-hetero) is 1. The average Bonchev–Trinajstić information content (AvgIpc) is 3.06. The Bertz CT molecular complexity index is 1270. The largest absolute Gasteiger partial charge is 0.507 e. The maximum Gasteiger partial charge on any atom is 0.300 e. The van der Waals surface area contributed by atoms with Crippen molar-refractivity contribution in [3.63, 3.8) is 0 Å². The van der Waals surface area contributed by atoms with Crippen LogP contribution in [0.4, 0.5) is 11.4 Å². The molecule has 0 bridgehead atoms. The molecule has 3 aromatic rings. The SMILES string of the molecule is Cc1c(Cl)cccc1N1C(=O)C(=O)/C(=C(/O)c2ccc([N+](=O)[O-])cc2)C1c1ccncc1. The van der Waals surface area contributed by atoms with Gasteiger partial charge in [0.1, 0.15) is 5.76 Å². The van der Waals surface area contributed by atoms with Crippen molar-refractivity contribution in [1.29, 1.82) is 0 Å². The van der Waals surface area contributed by atoms with Crippen LogP contribution in [-0.4, -0.2) is 26.7 Å². The van der Waals surface area contributed by atoms with E-state index in [-0.39, 0.29) is 16.8 Å². The smallest absolute Gasteiger partial charge is 0.300 e. The number of anilines is 1. The molecule has 0 aliphatic carbocycles. The van der Waals surface area contributed by atoms with Gasteiger partial charge in [0.15, 0.2) is 0 Å². The number of aliphatic hydroxyl groups excluding tert-OH is 1. The van der Waals surface area contributed by atoms with E-state index in [4.69, 9.17) is 11.6 Å². The Morgan fingerprint density at radius 3 is 2.38 bits per heavy atom. The Hall–Kier alpha value is -4.04. The van der Waals surface area contributed by atoms with Crippen LogP contribution in [0.5, 0.6) is 0 Å². The number of nitrogens with zero attached hydrogens (tertiary/aromatic N) is 3. The van der Waals surface area contributed by atoms with Gasteiger partial charge in [-0.1, -0.05) is 17.7 Å². The highest BCUT2D eigenvalue weighted by molar-refractivity contribution is 6.52. The second-order valence-electron chi connectivity index (χ2n) is 7.14. The number of nitro benzene ring substituents is 1. The Morgan fingerprint density at radius 1 is 1.09 bits per heavy atom. The molecule has 160 valence electrons. The molecule has 0 radical (unpaired) electrons. The number of ketones is 1. The topological polar surface area (TPSA) is 114 Å². The summed E-state index contributed by atoms with van der Waals surface area (Å²) in [5.74, 6) is -2.12. The van der Waals surface area contributed by atoms with Crippen molar-refractivity contribution < 1.29 is 19.6 Å². The van der Waals surface area contributed by atoms with E-state index < -0.39 is 28.4 Å². The Labute approximate surface area is 187 Å². The van der Waals surface area contributed by atoms with Gasteiger partial charge in [0.05, 0.1) is 16.5 Å². The second-order valence-corrected chi connectivity index (χ2v) is 7.54. The summed E-state index contributed by atoms with van der Waals surface area (Å²) in [6.07, 6.45) is 3.04. The fraction of sp³-hybridized carbons (Fsp3) is 0.0870. The maximum atomic E-state index is 13.1. The minimum atomic E-state index is -0.939. The molecule has 4 rings (SSSR count). The molecule has 1 aliphatic rings. The van der Waals surface area contributed by atoms with Gasteiger partial charge in [0, 0.05) is 40.8 Å². The standard InChI is InChI=1S/C23H16ClN3O5/c1-13-17(24)3-2-4-18(13)26-20(14-9-11-25-12-10-14)19(22(29)23(26)30)21(28)15-5-7-16(8-6-15)27(31)32/h2-12,20,28H,1H3/b21-19+. The minimum absolute atomic E-state index is 0.130. The van der Waals surface area contributed by atoms with Gasteiger partial charge in [-0.05, 0) is 54.4 Å². The first-order valence-electron chi connectivity index (χ1n) is 9.52. The maximum absolute atomic E-state index is 13.1. The second kappa shape index (κ2) is 8.24. The molecule has 1 fully saturated rings. The molecule has 8 nitrogen and oxygen atoms in total. The van der Waals surface area contributed by atoms with E-state index in [0.717, 1.165) is 0 Å². The zero-order chi connectivity index (χ0) is 23.0. The van der Waals surface area contributed by atoms with Crippen LogP contribution in [0, 0.1) is 17.0 Å². The monoisotopic (exact) mass is 449 g/mol. The Morgan fingerprint density at radius 2 is 1.75 bits per heavy atom. The van der Waals surface area contributed by atoms with Gasteiger partial charge in [-0.2, -0.15) is 0 Å². The van der Waals surface area contributed by atoms with Crippen LogP contribution in [0.25, 0.3) is 5.76 Å². The highest BCUT2D eigenvalue weighted by Gasteiger charge is 2.47. The van der Waals surface area contributed by atoms with Crippen molar-refractivity contribution in [2.45, 2.75) is 13.0 Å². The van der Waals surface area contributed by atoms with Crippen molar-refractivity contribution in [3.8, 4) is 0 Å². The van der Waals surface area contributed by atoms with Gasteiger partial charge in [-0.15, -0.1) is 0 Å². The summed E-state index contributed by atoms with van der Waals surface area (Å²) >= 11 is 6.26. The number of hydrogen-bond donors (Lipinski definition) is 1. The number of carbonyl (C=O) groups excluding carboxylic acids is 2. The first-order chi connectivity index (χ1) is 15.3. The van der Waals surface area contributed by atoms with Crippen molar-refractivity contribution >= 4 is 40.4 Å². The minimum Gasteiger partial charge on any atom is -0.507 e. The molecule has 0 saturated carbocycles. The zero-order valence-corrected chi connectivity index (χ0v) is 17.5. The first-order valence-corrected chi connectivity index (χ1v) is 9.90. The molecule has 32 heavy (non-hydrogen) atoms. The van der Waals surface area contributed by atoms with Gasteiger partial charge in [-0.3, -0.25) is 29.6 Å². The number of hydrogen-bond acceptors (Lipinski definition) is 6. The van der Waals surface area contributed by atoms with Crippen LogP contribution in [-0.2, 0) is 9.59 Å². The van der Waals surface area contributed by atoms with Gasteiger partial charge >= 0.3 is 0 Å². The molecular weight excluding hydrogens is 434 g/mol. The quantitative estimate of drug-likeness (QED) is 0.205. The lowest BCUT2D eigenvalue weighted by Crippen LogP contribution is -2.30. The van der Waals surface area contributed by atoms with Gasteiger partial charge in [0.2, 0.25) is 0 Å². The Balaban J connectivity index is 1.94. The summed E-state index contributed by atoms with van der Waals surface area (Å²) in [5.41, 5.74) is 1.48. The summed E-state index contributed by atoms with van der Waals surface area (Å²) in [6, 6.07) is 12.5. The molecule has 1 amide bonds. The summed E-state index contributed by atoms with van der Waals surface area (Å²) < 4.78 is 0. The third-order valence-corrected chi connectivity index (χ3v) is 5.73. The molecule has 9 heteroatoms. The molecule has 2 aromatic carbocycles. The number of amides is 1. The number of benzene rings is 2. The van der Waals surface area contributed by atoms with Gasteiger partial charge < -0.3 is 5.11 Å². The summed E-state index contributed by atoms with van der Waals surface area (Å²) in [4.78, 5) is 41.9. The van der Waals surface area contributed by atoms with Crippen LogP contribution in [0.15, 0.2) is 72.6 Å². The van der Waals surface area contributed by atoms with Crippen molar-refractivity contribution in [1.82, 2.24) is 4.98 Å². The van der Waals surface area contributed by atoms with E-state index in [1.807, 2.05) is 0 Å². The highest BCUT2D eigenvalue weighted by atomic mass is 35.5. The van der Waals surface area contributed by atoms with Gasteiger partial charge in [-0.25, -0.2) is 0 Å². The fourth-order valence-corrected chi connectivity index (χ4v) is 3.87. The predicted molar refractivity (Wildman–Crippen MR) is 118 cm³/mol. The predicted octanol–water partition coefficient (Wildman–Crippen LogP) is 4.58. The van der Waals surface area contributed by atoms with Crippen LogP contribution >= 0.6 is 11.6 Å². The third kappa shape index (κ3) is 3.50. The van der Waals surface area contributed by atoms with E-state index in [1.165, 1.54) is 41.6 Å². The van der Waals surface area contributed by atoms with Crippen LogP contribution in [0.1, 0.15) is 22.7 Å². The van der Waals surface area contributed by atoms with Crippen LogP contribution < -0.4 is 4.90 Å². The van der Waals surface area contributed by atoms with Crippen molar-refractivity contribution in [2.75, 3.05) is 4.90 Å². The number of carbonyl (C=O) groups is 2. The van der Waals surface area contributed by atoms with Gasteiger partial charge in [0.25, 0.3) is 17.4 Å². The van der Waals surface area contributed by atoms with Crippen molar-refractivity contribution in [3.05, 3.63) is 104 Å². The Kier molecular flexibility index (Phi) is 5.46. The van der Waals surface area contributed by atoms with E-state index in [9.17, 15) is 24.8 Å². The average molecular weight is 450 g/mol. The molecule has 1 aromatic heterocycles. The molecule has 2 heterocycles.